The number of aromatic nitrogens is 1. The number of benzene rings is 1. The van der Waals surface area contributed by atoms with E-state index in [9.17, 15) is 5.11 Å². The predicted molar refractivity (Wildman–Crippen MR) is 62.5 cm³/mol. The molecular weight excluding hydrogens is 186 g/mol. The summed E-state index contributed by atoms with van der Waals surface area (Å²) in [5.74, 6) is 0. The summed E-state index contributed by atoms with van der Waals surface area (Å²) in [6, 6.07) is 9.92. The Balaban J connectivity index is 2.51. The van der Waals surface area contributed by atoms with Crippen molar-refractivity contribution in [3.8, 4) is 0 Å². The molecule has 0 fully saturated rings. The van der Waals surface area contributed by atoms with E-state index in [1.165, 1.54) is 0 Å². The van der Waals surface area contributed by atoms with Gasteiger partial charge in [0.15, 0.2) is 0 Å². The second-order valence-electron chi connectivity index (χ2n) is 3.52. The van der Waals surface area contributed by atoms with Crippen molar-refractivity contribution in [2.75, 3.05) is 0 Å². The van der Waals surface area contributed by atoms with Crippen molar-refractivity contribution in [2.45, 2.75) is 13.0 Å². The Hall–Kier alpha value is -1.67. The first kappa shape index (κ1) is 9.87. The van der Waals surface area contributed by atoms with Gasteiger partial charge < -0.3 is 5.11 Å². The minimum atomic E-state index is -0.420. The minimum absolute atomic E-state index is 0.420. The first-order chi connectivity index (χ1) is 7.27. The van der Waals surface area contributed by atoms with Gasteiger partial charge in [0.25, 0.3) is 0 Å². The lowest BCUT2D eigenvalue weighted by molar-refractivity contribution is 0.245. The Labute approximate surface area is 88.9 Å². The van der Waals surface area contributed by atoms with Crippen LogP contribution in [-0.4, -0.2) is 16.2 Å². The standard InChI is InChI=1S/C13H13NO/c1-10(15)6-7-11-8-9-14-13-5-3-2-4-12(11)13/h2-10,15H,1H3/b7-6+. The normalized spacial score (nSPS) is 13.5. The van der Waals surface area contributed by atoms with Crippen LogP contribution >= 0.6 is 0 Å². The van der Waals surface area contributed by atoms with Crippen LogP contribution in [0.2, 0.25) is 0 Å². The Morgan fingerprint density at radius 3 is 2.87 bits per heavy atom. The molecule has 1 atom stereocenters. The maximum absolute atomic E-state index is 9.18. The lowest BCUT2D eigenvalue weighted by atomic mass is 10.1. The van der Waals surface area contributed by atoms with Gasteiger partial charge >= 0.3 is 0 Å². The highest BCUT2D eigenvalue weighted by molar-refractivity contribution is 5.87. The molecule has 15 heavy (non-hydrogen) atoms. The van der Waals surface area contributed by atoms with E-state index in [2.05, 4.69) is 4.98 Å². The molecule has 1 N–H and O–H groups in total. The van der Waals surface area contributed by atoms with Crippen molar-refractivity contribution in [3.63, 3.8) is 0 Å². The van der Waals surface area contributed by atoms with Crippen molar-refractivity contribution in [3.05, 3.63) is 48.2 Å². The SMILES string of the molecule is CC(O)/C=C/c1ccnc2ccccc12. The number of aliphatic hydroxyl groups excluding tert-OH is 1. The average molecular weight is 199 g/mol. The molecular formula is C13H13NO. The van der Waals surface area contributed by atoms with E-state index < -0.39 is 6.10 Å². The molecule has 0 spiro atoms. The van der Waals surface area contributed by atoms with E-state index in [1.807, 2.05) is 36.4 Å². The summed E-state index contributed by atoms with van der Waals surface area (Å²) in [4.78, 5) is 4.27. The largest absolute Gasteiger partial charge is 0.389 e. The Kier molecular flexibility index (Phi) is 2.79. The maximum Gasteiger partial charge on any atom is 0.0707 e. The lowest BCUT2D eigenvalue weighted by Gasteiger charge is -2.01. The number of aliphatic hydroxyl groups is 1. The van der Waals surface area contributed by atoms with Crippen LogP contribution in [0, 0.1) is 0 Å². The van der Waals surface area contributed by atoms with Gasteiger partial charge in [-0.3, -0.25) is 4.98 Å². The zero-order valence-corrected chi connectivity index (χ0v) is 8.59. The number of pyridine rings is 1. The van der Waals surface area contributed by atoms with Crippen LogP contribution in [-0.2, 0) is 0 Å². The van der Waals surface area contributed by atoms with Crippen molar-refractivity contribution in [1.29, 1.82) is 0 Å². The van der Waals surface area contributed by atoms with Crippen LogP contribution in [0.1, 0.15) is 12.5 Å². The van der Waals surface area contributed by atoms with E-state index in [4.69, 9.17) is 0 Å². The highest BCUT2D eigenvalue weighted by atomic mass is 16.3. The topological polar surface area (TPSA) is 33.1 Å². The van der Waals surface area contributed by atoms with Gasteiger partial charge in [0.1, 0.15) is 0 Å². The van der Waals surface area contributed by atoms with Gasteiger partial charge in [0.05, 0.1) is 11.6 Å². The van der Waals surface area contributed by atoms with Crippen molar-refractivity contribution in [1.82, 2.24) is 4.98 Å². The molecule has 1 heterocycles. The maximum atomic E-state index is 9.18. The van der Waals surface area contributed by atoms with Gasteiger partial charge in [-0.25, -0.2) is 0 Å². The van der Waals surface area contributed by atoms with Gasteiger partial charge in [-0.1, -0.05) is 30.4 Å². The fourth-order valence-electron chi connectivity index (χ4n) is 1.51. The highest BCUT2D eigenvalue weighted by Crippen LogP contribution is 2.17. The molecule has 0 radical (unpaired) electrons. The minimum Gasteiger partial charge on any atom is -0.389 e. The summed E-state index contributed by atoms with van der Waals surface area (Å²) in [5, 5.41) is 10.3. The van der Waals surface area contributed by atoms with Gasteiger partial charge in [-0.15, -0.1) is 0 Å². The number of fused-ring (bicyclic) bond motifs is 1. The number of para-hydroxylation sites is 1. The molecule has 2 heteroatoms. The molecule has 0 bridgehead atoms. The first-order valence-corrected chi connectivity index (χ1v) is 4.97. The molecule has 0 amide bonds. The molecule has 2 aromatic rings. The Bertz CT molecular complexity index is 483. The summed E-state index contributed by atoms with van der Waals surface area (Å²) in [5.41, 5.74) is 2.06. The molecule has 0 aliphatic heterocycles. The first-order valence-electron chi connectivity index (χ1n) is 4.97. The summed E-state index contributed by atoms with van der Waals surface area (Å²) in [6.07, 6.45) is 5.05. The Morgan fingerprint density at radius 1 is 1.27 bits per heavy atom. The molecule has 0 aliphatic rings. The zero-order chi connectivity index (χ0) is 10.7. The smallest absolute Gasteiger partial charge is 0.0707 e. The number of rotatable bonds is 2. The van der Waals surface area contributed by atoms with Crippen LogP contribution in [0.5, 0.6) is 0 Å². The molecule has 0 aliphatic carbocycles. The second kappa shape index (κ2) is 4.24. The monoisotopic (exact) mass is 199 g/mol. The molecule has 76 valence electrons. The molecule has 1 aromatic heterocycles. The Morgan fingerprint density at radius 2 is 2.07 bits per heavy atom. The lowest BCUT2D eigenvalue weighted by Crippen LogP contribution is -1.91. The van der Waals surface area contributed by atoms with Crippen molar-refractivity contribution >= 4 is 17.0 Å². The van der Waals surface area contributed by atoms with Crippen LogP contribution < -0.4 is 0 Å². The number of hydrogen-bond donors (Lipinski definition) is 1. The summed E-state index contributed by atoms with van der Waals surface area (Å²) in [6.45, 7) is 1.74. The summed E-state index contributed by atoms with van der Waals surface area (Å²) >= 11 is 0. The molecule has 2 rings (SSSR count). The van der Waals surface area contributed by atoms with E-state index in [1.54, 1.807) is 19.2 Å². The van der Waals surface area contributed by atoms with Crippen molar-refractivity contribution < 1.29 is 5.11 Å². The van der Waals surface area contributed by atoms with Crippen molar-refractivity contribution in [2.24, 2.45) is 0 Å². The van der Waals surface area contributed by atoms with E-state index >= 15 is 0 Å². The van der Waals surface area contributed by atoms with Gasteiger partial charge in [-0.05, 0) is 24.6 Å². The summed E-state index contributed by atoms with van der Waals surface area (Å²) in [7, 11) is 0. The molecule has 2 nitrogen and oxygen atoms in total. The quantitative estimate of drug-likeness (QED) is 0.806. The number of nitrogens with zero attached hydrogens (tertiary/aromatic N) is 1. The van der Waals surface area contributed by atoms with Gasteiger partial charge in [0, 0.05) is 11.6 Å². The van der Waals surface area contributed by atoms with E-state index in [0.29, 0.717) is 0 Å². The summed E-state index contributed by atoms with van der Waals surface area (Å²) < 4.78 is 0. The molecule has 0 saturated carbocycles. The van der Waals surface area contributed by atoms with Crippen LogP contribution in [0.15, 0.2) is 42.6 Å². The predicted octanol–water partition coefficient (Wildman–Crippen LogP) is 2.63. The molecule has 1 aromatic carbocycles. The van der Waals surface area contributed by atoms with Crippen LogP contribution in [0.3, 0.4) is 0 Å². The van der Waals surface area contributed by atoms with Gasteiger partial charge in [-0.2, -0.15) is 0 Å². The fourth-order valence-corrected chi connectivity index (χ4v) is 1.51. The average Bonchev–Trinajstić information content (AvgIpc) is 2.26. The third-order valence-corrected chi connectivity index (χ3v) is 2.24. The van der Waals surface area contributed by atoms with Crippen LogP contribution in [0.25, 0.3) is 17.0 Å². The molecule has 1 unspecified atom stereocenters. The fraction of sp³-hybridized carbons (Fsp3) is 0.154. The highest BCUT2D eigenvalue weighted by Gasteiger charge is 1.97. The number of hydrogen-bond acceptors (Lipinski definition) is 2. The van der Waals surface area contributed by atoms with Crippen LogP contribution in [0.4, 0.5) is 0 Å². The molecule has 0 saturated heterocycles. The third kappa shape index (κ3) is 2.22. The van der Waals surface area contributed by atoms with Gasteiger partial charge in [0.2, 0.25) is 0 Å². The zero-order valence-electron chi connectivity index (χ0n) is 8.59. The van der Waals surface area contributed by atoms with E-state index in [0.717, 1.165) is 16.5 Å². The second-order valence-corrected chi connectivity index (χ2v) is 3.52. The van der Waals surface area contributed by atoms with E-state index in [-0.39, 0.29) is 0 Å². The third-order valence-electron chi connectivity index (χ3n) is 2.24.